The van der Waals surface area contributed by atoms with Gasteiger partial charge >= 0.3 is 0 Å². The third kappa shape index (κ3) is 3.32. The van der Waals surface area contributed by atoms with Crippen LogP contribution in [0.1, 0.15) is 50.3 Å². The van der Waals surface area contributed by atoms with Crippen LogP contribution in [0.25, 0.3) is 0 Å². The average Bonchev–Trinajstić information content (AvgIpc) is 2.35. The first-order valence-electron chi connectivity index (χ1n) is 6.14. The zero-order chi connectivity index (χ0) is 12.0. The highest BCUT2D eigenvalue weighted by Gasteiger charge is 2.09. The summed E-state index contributed by atoms with van der Waals surface area (Å²) in [5.74, 6) is 0.432. The van der Waals surface area contributed by atoms with Crippen molar-refractivity contribution in [2.45, 2.75) is 39.2 Å². The summed E-state index contributed by atoms with van der Waals surface area (Å²) in [5, 5.41) is 0. The molecule has 1 rings (SSSR count). The van der Waals surface area contributed by atoms with Crippen molar-refractivity contribution in [3.63, 3.8) is 0 Å². The standard InChI is InChI=1S/C14H23NO/c1-4-14(16-5-2)13-8-6-12(7-9-13)11(3)10-15/h6-9,11,14H,4-5,10,15H2,1-3H3/t11-,14-/m0/s1. The van der Waals surface area contributed by atoms with Crippen LogP contribution in [-0.2, 0) is 4.74 Å². The molecule has 2 N–H and O–H groups in total. The smallest absolute Gasteiger partial charge is 0.0822 e. The van der Waals surface area contributed by atoms with Crippen molar-refractivity contribution in [1.82, 2.24) is 0 Å². The van der Waals surface area contributed by atoms with E-state index in [1.807, 2.05) is 6.92 Å². The van der Waals surface area contributed by atoms with Crippen LogP contribution in [0.5, 0.6) is 0 Å². The van der Waals surface area contributed by atoms with Crippen molar-refractivity contribution in [2.75, 3.05) is 13.2 Å². The van der Waals surface area contributed by atoms with E-state index in [0.717, 1.165) is 13.0 Å². The lowest BCUT2D eigenvalue weighted by molar-refractivity contribution is 0.0598. The predicted molar refractivity (Wildman–Crippen MR) is 68.6 cm³/mol. The molecule has 0 amide bonds. The van der Waals surface area contributed by atoms with E-state index >= 15 is 0 Å². The maximum Gasteiger partial charge on any atom is 0.0822 e. The van der Waals surface area contributed by atoms with E-state index in [1.165, 1.54) is 11.1 Å². The van der Waals surface area contributed by atoms with Crippen molar-refractivity contribution in [1.29, 1.82) is 0 Å². The molecule has 16 heavy (non-hydrogen) atoms. The van der Waals surface area contributed by atoms with Gasteiger partial charge in [0.05, 0.1) is 6.10 Å². The lowest BCUT2D eigenvalue weighted by Gasteiger charge is -2.16. The second kappa shape index (κ2) is 6.66. The number of ether oxygens (including phenoxy) is 1. The Morgan fingerprint density at radius 2 is 1.69 bits per heavy atom. The van der Waals surface area contributed by atoms with Crippen LogP contribution in [0, 0.1) is 0 Å². The fourth-order valence-corrected chi connectivity index (χ4v) is 1.83. The molecule has 0 aromatic heterocycles. The summed E-state index contributed by atoms with van der Waals surface area (Å²) in [5.41, 5.74) is 8.22. The Bertz CT molecular complexity index is 294. The molecule has 0 aliphatic heterocycles. The minimum atomic E-state index is 0.229. The molecule has 1 aromatic carbocycles. The maximum absolute atomic E-state index is 5.68. The molecule has 0 aliphatic rings. The van der Waals surface area contributed by atoms with E-state index in [4.69, 9.17) is 10.5 Å². The minimum absolute atomic E-state index is 0.229. The van der Waals surface area contributed by atoms with Gasteiger partial charge in [0.2, 0.25) is 0 Å². The molecular formula is C14H23NO. The van der Waals surface area contributed by atoms with Crippen molar-refractivity contribution in [3.8, 4) is 0 Å². The summed E-state index contributed by atoms with van der Waals surface area (Å²) in [6.45, 7) is 7.79. The summed E-state index contributed by atoms with van der Waals surface area (Å²) in [6, 6.07) is 8.64. The number of rotatable bonds is 6. The van der Waals surface area contributed by atoms with Gasteiger partial charge in [-0.3, -0.25) is 0 Å². The average molecular weight is 221 g/mol. The molecule has 2 heteroatoms. The second-order valence-electron chi connectivity index (χ2n) is 4.16. The summed E-state index contributed by atoms with van der Waals surface area (Å²) in [7, 11) is 0. The number of nitrogens with two attached hydrogens (primary N) is 1. The molecule has 0 heterocycles. The van der Waals surface area contributed by atoms with Crippen molar-refractivity contribution in [2.24, 2.45) is 5.73 Å². The zero-order valence-corrected chi connectivity index (χ0v) is 10.6. The van der Waals surface area contributed by atoms with Crippen molar-refractivity contribution >= 4 is 0 Å². The van der Waals surface area contributed by atoms with Gasteiger partial charge in [-0.1, -0.05) is 38.1 Å². The van der Waals surface area contributed by atoms with Gasteiger partial charge in [0.25, 0.3) is 0 Å². The van der Waals surface area contributed by atoms with Crippen molar-refractivity contribution < 1.29 is 4.74 Å². The Balaban J connectivity index is 2.76. The summed E-state index contributed by atoms with van der Waals surface area (Å²) in [4.78, 5) is 0. The molecule has 0 fully saturated rings. The zero-order valence-electron chi connectivity index (χ0n) is 10.6. The highest BCUT2D eigenvalue weighted by molar-refractivity contribution is 5.26. The monoisotopic (exact) mass is 221 g/mol. The van der Waals surface area contributed by atoms with E-state index in [2.05, 4.69) is 38.1 Å². The normalized spacial score (nSPS) is 14.8. The van der Waals surface area contributed by atoms with Crippen LogP contribution in [-0.4, -0.2) is 13.2 Å². The lowest BCUT2D eigenvalue weighted by atomic mass is 9.98. The third-order valence-corrected chi connectivity index (χ3v) is 2.97. The molecule has 0 saturated carbocycles. The van der Waals surface area contributed by atoms with Gasteiger partial charge in [-0.05, 0) is 36.9 Å². The molecule has 1 aromatic rings. The lowest BCUT2D eigenvalue weighted by Crippen LogP contribution is -2.09. The molecular weight excluding hydrogens is 198 g/mol. The molecule has 0 bridgehead atoms. The Labute approximate surface area is 98.8 Å². The topological polar surface area (TPSA) is 35.2 Å². The van der Waals surface area contributed by atoms with Crippen LogP contribution in [0.3, 0.4) is 0 Å². The van der Waals surface area contributed by atoms with E-state index in [1.54, 1.807) is 0 Å². The quantitative estimate of drug-likeness (QED) is 0.800. The first kappa shape index (κ1) is 13.2. The molecule has 2 nitrogen and oxygen atoms in total. The molecule has 0 saturated heterocycles. The molecule has 0 radical (unpaired) electrons. The van der Waals surface area contributed by atoms with Crippen LogP contribution < -0.4 is 5.73 Å². The van der Waals surface area contributed by atoms with Crippen LogP contribution in [0.4, 0.5) is 0 Å². The van der Waals surface area contributed by atoms with E-state index in [-0.39, 0.29) is 6.10 Å². The summed E-state index contributed by atoms with van der Waals surface area (Å²) < 4.78 is 5.68. The van der Waals surface area contributed by atoms with E-state index in [9.17, 15) is 0 Å². The maximum atomic E-state index is 5.68. The van der Waals surface area contributed by atoms with Gasteiger partial charge in [-0.15, -0.1) is 0 Å². The molecule has 0 spiro atoms. The fraction of sp³-hybridized carbons (Fsp3) is 0.571. The number of benzene rings is 1. The Hall–Kier alpha value is -0.860. The predicted octanol–water partition coefficient (Wildman–Crippen LogP) is 3.24. The van der Waals surface area contributed by atoms with E-state index in [0.29, 0.717) is 12.5 Å². The molecule has 90 valence electrons. The van der Waals surface area contributed by atoms with Gasteiger partial charge in [-0.2, -0.15) is 0 Å². The Morgan fingerprint density at radius 1 is 1.12 bits per heavy atom. The number of hydrogen-bond donors (Lipinski definition) is 1. The van der Waals surface area contributed by atoms with Crippen LogP contribution in [0.2, 0.25) is 0 Å². The summed E-state index contributed by atoms with van der Waals surface area (Å²) >= 11 is 0. The number of hydrogen-bond acceptors (Lipinski definition) is 2. The largest absolute Gasteiger partial charge is 0.374 e. The SMILES string of the molecule is CCO[C@@H](CC)c1ccc([C@@H](C)CN)cc1. The Morgan fingerprint density at radius 3 is 2.12 bits per heavy atom. The van der Waals surface area contributed by atoms with Crippen LogP contribution >= 0.6 is 0 Å². The molecule has 0 unspecified atom stereocenters. The highest BCUT2D eigenvalue weighted by Crippen LogP contribution is 2.23. The highest BCUT2D eigenvalue weighted by atomic mass is 16.5. The molecule has 0 aliphatic carbocycles. The fourth-order valence-electron chi connectivity index (χ4n) is 1.83. The molecule has 2 atom stereocenters. The first-order valence-corrected chi connectivity index (χ1v) is 6.14. The minimum Gasteiger partial charge on any atom is -0.374 e. The van der Waals surface area contributed by atoms with Gasteiger partial charge in [-0.25, -0.2) is 0 Å². The second-order valence-corrected chi connectivity index (χ2v) is 4.16. The Kier molecular flexibility index (Phi) is 5.50. The van der Waals surface area contributed by atoms with Crippen molar-refractivity contribution in [3.05, 3.63) is 35.4 Å². The van der Waals surface area contributed by atoms with Gasteiger partial charge in [0.15, 0.2) is 0 Å². The van der Waals surface area contributed by atoms with Crippen LogP contribution in [0.15, 0.2) is 24.3 Å². The summed E-state index contributed by atoms with van der Waals surface area (Å²) in [6.07, 6.45) is 1.24. The first-order chi connectivity index (χ1) is 7.72. The van der Waals surface area contributed by atoms with Gasteiger partial charge in [0.1, 0.15) is 0 Å². The third-order valence-electron chi connectivity index (χ3n) is 2.97. The van der Waals surface area contributed by atoms with Gasteiger partial charge in [0, 0.05) is 6.61 Å². The van der Waals surface area contributed by atoms with E-state index < -0.39 is 0 Å². The van der Waals surface area contributed by atoms with Gasteiger partial charge < -0.3 is 10.5 Å².